The zero-order valence-electron chi connectivity index (χ0n) is 11.0. The minimum Gasteiger partial charge on any atom is -0.308 e. The lowest BCUT2D eigenvalue weighted by molar-refractivity contribution is 0.339. The van der Waals surface area contributed by atoms with E-state index >= 15 is 0 Å². The van der Waals surface area contributed by atoms with Gasteiger partial charge in [-0.2, -0.15) is 0 Å². The standard InChI is InChI=1S/C14H23N3S/c1-2-4-11(5-3-1)6-9-13-16-17-14(18-13)10-15-12-7-8-12/h11-12,15H,1-10H2. The van der Waals surface area contributed by atoms with Crippen molar-refractivity contribution < 1.29 is 0 Å². The molecule has 0 atom stereocenters. The number of hydrogen-bond acceptors (Lipinski definition) is 4. The van der Waals surface area contributed by atoms with Crippen LogP contribution in [-0.4, -0.2) is 16.2 Å². The molecule has 0 amide bonds. The summed E-state index contributed by atoms with van der Waals surface area (Å²) < 4.78 is 0. The molecule has 0 aromatic carbocycles. The van der Waals surface area contributed by atoms with Crippen molar-refractivity contribution in [1.29, 1.82) is 0 Å². The van der Waals surface area contributed by atoms with E-state index in [-0.39, 0.29) is 0 Å². The van der Waals surface area contributed by atoms with Crippen LogP contribution in [0.2, 0.25) is 0 Å². The van der Waals surface area contributed by atoms with Crippen LogP contribution in [-0.2, 0) is 13.0 Å². The summed E-state index contributed by atoms with van der Waals surface area (Å²) in [5.74, 6) is 0.954. The number of rotatable bonds is 6. The lowest BCUT2D eigenvalue weighted by Crippen LogP contribution is -2.14. The molecule has 2 aliphatic rings. The Bertz CT molecular complexity index is 367. The summed E-state index contributed by atoms with van der Waals surface area (Å²) in [4.78, 5) is 0. The summed E-state index contributed by atoms with van der Waals surface area (Å²) in [5, 5.41) is 14.5. The van der Waals surface area contributed by atoms with Gasteiger partial charge in [0, 0.05) is 19.0 Å². The second kappa shape index (κ2) is 6.11. The molecule has 0 spiro atoms. The molecule has 0 saturated heterocycles. The van der Waals surface area contributed by atoms with E-state index in [2.05, 4.69) is 15.5 Å². The van der Waals surface area contributed by atoms with E-state index in [0.29, 0.717) is 0 Å². The normalized spacial score (nSPS) is 21.3. The molecular formula is C14H23N3S. The van der Waals surface area contributed by atoms with Crippen molar-refractivity contribution in [3.05, 3.63) is 10.0 Å². The summed E-state index contributed by atoms with van der Waals surface area (Å²) in [5.41, 5.74) is 0. The zero-order chi connectivity index (χ0) is 12.2. The largest absolute Gasteiger partial charge is 0.308 e. The number of nitrogens with one attached hydrogen (secondary N) is 1. The zero-order valence-corrected chi connectivity index (χ0v) is 11.8. The lowest BCUT2D eigenvalue weighted by Gasteiger charge is -2.20. The number of nitrogens with zero attached hydrogens (tertiary/aromatic N) is 2. The van der Waals surface area contributed by atoms with E-state index in [0.717, 1.165) is 24.9 Å². The quantitative estimate of drug-likeness (QED) is 0.857. The van der Waals surface area contributed by atoms with Crippen LogP contribution in [0.1, 0.15) is 61.4 Å². The predicted molar refractivity (Wildman–Crippen MR) is 74.7 cm³/mol. The maximum absolute atomic E-state index is 4.33. The summed E-state index contributed by atoms with van der Waals surface area (Å²) in [7, 11) is 0. The third-order valence-electron chi connectivity index (χ3n) is 4.12. The average molecular weight is 265 g/mol. The van der Waals surface area contributed by atoms with Gasteiger partial charge in [-0.05, 0) is 25.2 Å². The molecule has 4 heteroatoms. The van der Waals surface area contributed by atoms with Crippen molar-refractivity contribution in [2.75, 3.05) is 0 Å². The first-order chi connectivity index (χ1) is 8.90. The van der Waals surface area contributed by atoms with Gasteiger partial charge in [0.25, 0.3) is 0 Å². The minimum absolute atomic E-state index is 0.764. The second-order valence-electron chi connectivity index (χ2n) is 5.79. The Morgan fingerprint density at radius 3 is 2.56 bits per heavy atom. The predicted octanol–water partition coefficient (Wildman–Crippen LogP) is 3.30. The maximum atomic E-state index is 4.33. The number of aryl methyl sites for hydroxylation is 1. The molecule has 1 aromatic heterocycles. The average Bonchev–Trinajstić information content (AvgIpc) is 3.14. The number of aromatic nitrogens is 2. The van der Waals surface area contributed by atoms with Gasteiger partial charge in [0.1, 0.15) is 10.0 Å². The topological polar surface area (TPSA) is 37.8 Å². The van der Waals surface area contributed by atoms with E-state index in [4.69, 9.17) is 0 Å². The third kappa shape index (κ3) is 3.75. The summed E-state index contributed by atoms with van der Waals surface area (Å²) in [6, 6.07) is 0.764. The summed E-state index contributed by atoms with van der Waals surface area (Å²) >= 11 is 1.81. The van der Waals surface area contributed by atoms with Crippen molar-refractivity contribution in [1.82, 2.24) is 15.5 Å². The summed E-state index contributed by atoms with van der Waals surface area (Å²) in [6.07, 6.45) is 12.4. The van der Waals surface area contributed by atoms with Gasteiger partial charge >= 0.3 is 0 Å². The Morgan fingerprint density at radius 2 is 1.78 bits per heavy atom. The van der Waals surface area contributed by atoms with Crippen LogP contribution in [0.25, 0.3) is 0 Å². The van der Waals surface area contributed by atoms with Crippen LogP contribution in [0.15, 0.2) is 0 Å². The molecule has 3 rings (SSSR count). The van der Waals surface area contributed by atoms with Gasteiger partial charge in [-0.25, -0.2) is 0 Å². The highest BCUT2D eigenvalue weighted by atomic mass is 32.1. The van der Waals surface area contributed by atoms with Gasteiger partial charge in [0.2, 0.25) is 0 Å². The fourth-order valence-electron chi connectivity index (χ4n) is 2.78. The Hall–Kier alpha value is -0.480. The SMILES string of the molecule is C1CCC(CCc2nnc(CNC3CC3)s2)CC1. The first-order valence-corrected chi connectivity index (χ1v) is 8.26. The van der Waals surface area contributed by atoms with Gasteiger partial charge in [-0.15, -0.1) is 21.5 Å². The van der Waals surface area contributed by atoms with Crippen LogP contribution in [0, 0.1) is 5.92 Å². The van der Waals surface area contributed by atoms with Crippen LogP contribution in [0.5, 0.6) is 0 Å². The molecule has 100 valence electrons. The van der Waals surface area contributed by atoms with E-state index in [9.17, 15) is 0 Å². The molecular weight excluding hydrogens is 242 g/mol. The molecule has 2 fully saturated rings. The van der Waals surface area contributed by atoms with Crippen LogP contribution in [0.4, 0.5) is 0 Å². The van der Waals surface area contributed by atoms with Gasteiger partial charge in [0.15, 0.2) is 0 Å². The molecule has 0 aliphatic heterocycles. The van der Waals surface area contributed by atoms with E-state index in [1.807, 2.05) is 0 Å². The van der Waals surface area contributed by atoms with E-state index < -0.39 is 0 Å². The van der Waals surface area contributed by atoms with Crippen molar-refractivity contribution in [2.24, 2.45) is 5.92 Å². The molecule has 0 radical (unpaired) electrons. The second-order valence-corrected chi connectivity index (χ2v) is 6.93. The van der Waals surface area contributed by atoms with E-state index in [1.54, 1.807) is 11.3 Å². The Labute approximate surface area is 113 Å². The molecule has 2 aliphatic carbocycles. The third-order valence-corrected chi connectivity index (χ3v) is 5.10. The molecule has 0 bridgehead atoms. The lowest BCUT2D eigenvalue weighted by atomic mass is 9.86. The highest BCUT2D eigenvalue weighted by molar-refractivity contribution is 7.11. The molecule has 3 nitrogen and oxygen atoms in total. The van der Waals surface area contributed by atoms with Gasteiger partial charge in [0.05, 0.1) is 0 Å². The van der Waals surface area contributed by atoms with Gasteiger partial charge in [-0.3, -0.25) is 0 Å². The molecule has 18 heavy (non-hydrogen) atoms. The van der Waals surface area contributed by atoms with Gasteiger partial charge in [-0.1, -0.05) is 32.1 Å². The molecule has 2 saturated carbocycles. The van der Waals surface area contributed by atoms with Crippen molar-refractivity contribution >= 4 is 11.3 Å². The van der Waals surface area contributed by atoms with Crippen molar-refractivity contribution in [3.8, 4) is 0 Å². The fourth-order valence-corrected chi connectivity index (χ4v) is 3.59. The Kier molecular flexibility index (Phi) is 4.26. The van der Waals surface area contributed by atoms with Crippen molar-refractivity contribution in [2.45, 2.75) is 70.4 Å². The number of hydrogen-bond donors (Lipinski definition) is 1. The smallest absolute Gasteiger partial charge is 0.131 e. The molecule has 1 N–H and O–H groups in total. The monoisotopic (exact) mass is 265 g/mol. The first kappa shape index (κ1) is 12.5. The Morgan fingerprint density at radius 1 is 1.00 bits per heavy atom. The molecule has 1 heterocycles. The molecule has 1 aromatic rings. The van der Waals surface area contributed by atoms with Gasteiger partial charge < -0.3 is 5.32 Å². The van der Waals surface area contributed by atoms with Crippen LogP contribution >= 0.6 is 11.3 Å². The van der Waals surface area contributed by atoms with Crippen LogP contribution in [0.3, 0.4) is 0 Å². The maximum Gasteiger partial charge on any atom is 0.131 e. The highest BCUT2D eigenvalue weighted by Crippen LogP contribution is 2.28. The summed E-state index contributed by atoms with van der Waals surface area (Å²) in [6.45, 7) is 0.922. The van der Waals surface area contributed by atoms with E-state index in [1.165, 1.54) is 61.4 Å². The minimum atomic E-state index is 0.764. The molecule has 0 unspecified atom stereocenters. The van der Waals surface area contributed by atoms with Crippen LogP contribution < -0.4 is 5.32 Å². The fraction of sp³-hybridized carbons (Fsp3) is 0.857. The Balaban J connectivity index is 1.41. The first-order valence-electron chi connectivity index (χ1n) is 7.45. The highest BCUT2D eigenvalue weighted by Gasteiger charge is 2.20. The van der Waals surface area contributed by atoms with Crippen molar-refractivity contribution in [3.63, 3.8) is 0 Å².